The lowest BCUT2D eigenvalue weighted by Gasteiger charge is -2.39. The molecule has 47 heavy (non-hydrogen) atoms. The lowest BCUT2D eigenvalue weighted by molar-refractivity contribution is 0.105. The number of benzene rings is 2. The highest BCUT2D eigenvalue weighted by Gasteiger charge is 2.26. The van der Waals surface area contributed by atoms with Crippen LogP contribution in [0.25, 0.3) is 28.1 Å². The minimum Gasteiger partial charge on any atom is -0.399 e. The topological polar surface area (TPSA) is 141 Å². The van der Waals surface area contributed by atoms with Gasteiger partial charge in [0.05, 0.1) is 39.5 Å². The molecular formula is C37H48N10. The van der Waals surface area contributed by atoms with E-state index in [0.29, 0.717) is 36.2 Å². The highest BCUT2D eigenvalue weighted by atomic mass is 15.3. The number of anilines is 3. The third-order valence-corrected chi connectivity index (χ3v) is 9.44. The maximum atomic E-state index is 6.60. The first-order valence-electron chi connectivity index (χ1n) is 16.6. The Labute approximate surface area is 277 Å². The summed E-state index contributed by atoms with van der Waals surface area (Å²) in [6.45, 7) is 20.7. The van der Waals surface area contributed by atoms with Crippen molar-refractivity contribution >= 4 is 45.4 Å². The average molecular weight is 633 g/mol. The van der Waals surface area contributed by atoms with Crippen LogP contribution >= 0.6 is 0 Å². The maximum Gasteiger partial charge on any atom is 0.208 e. The molecule has 4 aromatic rings. The van der Waals surface area contributed by atoms with Crippen molar-refractivity contribution in [2.24, 2.45) is 11.5 Å². The van der Waals surface area contributed by atoms with Crippen LogP contribution in [0.4, 0.5) is 17.3 Å². The molecule has 0 aliphatic carbocycles. The second kappa shape index (κ2) is 13.4. The summed E-state index contributed by atoms with van der Waals surface area (Å²) in [5.74, 6) is 0.720. The number of likely N-dealkylation sites (tertiary alicyclic amines) is 1. The molecule has 2 aromatic heterocycles. The molecule has 10 nitrogen and oxygen atoms in total. The number of allylic oxidation sites excluding steroid dienone is 1. The lowest BCUT2D eigenvalue weighted by Crippen LogP contribution is -2.45. The van der Waals surface area contributed by atoms with Gasteiger partial charge in [-0.05, 0) is 112 Å². The summed E-state index contributed by atoms with van der Waals surface area (Å²) in [7, 11) is 0. The smallest absolute Gasteiger partial charge is 0.208 e. The molecule has 0 spiro atoms. The van der Waals surface area contributed by atoms with Gasteiger partial charge in [0.15, 0.2) is 0 Å². The molecule has 1 saturated heterocycles. The van der Waals surface area contributed by atoms with Gasteiger partial charge < -0.3 is 37.3 Å². The van der Waals surface area contributed by atoms with Crippen molar-refractivity contribution < 1.29 is 0 Å². The van der Waals surface area contributed by atoms with Gasteiger partial charge in [-0.25, -0.2) is 4.98 Å². The number of rotatable bonds is 7. The van der Waals surface area contributed by atoms with Gasteiger partial charge in [-0.2, -0.15) is 5.10 Å². The third-order valence-electron chi connectivity index (χ3n) is 9.44. The van der Waals surface area contributed by atoms with Crippen molar-refractivity contribution in [2.75, 3.05) is 36.0 Å². The number of imidazole rings is 1. The number of aryl methyl sites for hydroxylation is 4. The van der Waals surface area contributed by atoms with Gasteiger partial charge in [-0.3, -0.25) is 4.68 Å². The summed E-state index contributed by atoms with van der Waals surface area (Å²) >= 11 is 0. The summed E-state index contributed by atoms with van der Waals surface area (Å²) < 4.78 is 4.20. The van der Waals surface area contributed by atoms with Crippen LogP contribution in [0.1, 0.15) is 59.8 Å². The Morgan fingerprint density at radius 2 is 1.68 bits per heavy atom. The Morgan fingerprint density at radius 3 is 2.36 bits per heavy atom. The first kappa shape index (κ1) is 32.0. The van der Waals surface area contributed by atoms with Crippen molar-refractivity contribution in [3.8, 4) is 0 Å². The number of nitrogen functional groups attached to an aromatic ring is 1. The molecular weight excluding hydrogens is 584 g/mol. The van der Waals surface area contributed by atoms with E-state index in [0.717, 1.165) is 96.2 Å². The molecule has 0 amide bonds. The first-order chi connectivity index (χ1) is 22.6. The fourth-order valence-electron chi connectivity index (χ4n) is 6.84. The molecule has 2 aliphatic heterocycles. The zero-order valence-electron chi connectivity index (χ0n) is 27.8. The number of hydrogen-bond acceptors (Lipinski definition) is 8. The summed E-state index contributed by atoms with van der Waals surface area (Å²) in [5, 5.41) is 11.8. The molecule has 1 fully saturated rings. The van der Waals surface area contributed by atoms with E-state index < -0.39 is 0 Å². The van der Waals surface area contributed by atoms with Crippen LogP contribution in [0.15, 0.2) is 62.2 Å². The molecule has 10 heteroatoms. The van der Waals surface area contributed by atoms with E-state index in [9.17, 15) is 0 Å². The van der Waals surface area contributed by atoms with E-state index in [1.807, 2.05) is 29.8 Å². The first-order valence-corrected chi connectivity index (χ1v) is 16.6. The Balaban J connectivity index is 1.42. The number of nitrogens with zero attached hydrogens (tertiary/aromatic N) is 5. The van der Waals surface area contributed by atoms with Gasteiger partial charge in [0.1, 0.15) is 0 Å². The number of hydrogen-bond donors (Lipinski definition) is 5. The van der Waals surface area contributed by atoms with E-state index in [1.54, 1.807) is 0 Å². The number of aromatic nitrogens is 4. The molecule has 1 unspecified atom stereocenters. The van der Waals surface area contributed by atoms with Gasteiger partial charge in [0.25, 0.3) is 0 Å². The fraction of sp³-hybridized carbons (Fsp3) is 0.351. The van der Waals surface area contributed by atoms with Crippen LogP contribution in [0.2, 0.25) is 0 Å². The molecule has 6 rings (SSSR count). The summed E-state index contributed by atoms with van der Waals surface area (Å²) in [4.78, 5) is 7.72. The second-order valence-electron chi connectivity index (χ2n) is 12.8. The molecule has 4 heterocycles. The van der Waals surface area contributed by atoms with Crippen molar-refractivity contribution in [3.63, 3.8) is 0 Å². The zero-order chi connectivity index (χ0) is 33.2. The van der Waals surface area contributed by atoms with E-state index in [2.05, 4.69) is 76.1 Å². The van der Waals surface area contributed by atoms with Gasteiger partial charge in [-0.1, -0.05) is 31.9 Å². The monoisotopic (exact) mass is 632 g/mol. The highest BCUT2D eigenvalue weighted by Crippen LogP contribution is 2.33. The van der Waals surface area contributed by atoms with E-state index >= 15 is 0 Å². The van der Waals surface area contributed by atoms with Crippen LogP contribution in [0, 0.1) is 6.92 Å². The summed E-state index contributed by atoms with van der Waals surface area (Å²) in [5.41, 5.74) is 30.5. The van der Waals surface area contributed by atoms with Crippen molar-refractivity contribution in [1.29, 1.82) is 0 Å². The summed E-state index contributed by atoms with van der Waals surface area (Å²) in [6.07, 6.45) is 9.31. The van der Waals surface area contributed by atoms with E-state index in [-0.39, 0.29) is 0 Å². The second-order valence-corrected chi connectivity index (χ2v) is 12.8. The van der Waals surface area contributed by atoms with Crippen molar-refractivity contribution in [2.45, 2.75) is 65.1 Å². The lowest BCUT2D eigenvalue weighted by atomic mass is 9.93. The quantitative estimate of drug-likeness (QED) is 0.129. The maximum absolute atomic E-state index is 6.60. The molecule has 2 aromatic carbocycles. The standard InChI is InChI=1S/C37H48N10/c1-6-47-34(18-23(2)44-47)26(5)42-37-43-33-22-30(25(4)39)20-28-11-13-31(45-15-9-16-45)12-10-27-19-29(24(3)38)21-32(40)35(27)41-14-7-8-17-46(37)36(28)33/h7-8,18-22,31,41H,3-6,9-17,38-40H2,1-2H3,(H,42,43)/b8-7+. The van der Waals surface area contributed by atoms with Gasteiger partial charge >= 0.3 is 0 Å². The fourth-order valence-corrected chi connectivity index (χ4v) is 6.84. The molecule has 1 atom stereocenters. The normalized spacial score (nSPS) is 17.9. The predicted molar refractivity (Wildman–Crippen MR) is 197 cm³/mol. The molecule has 0 saturated carbocycles. The average Bonchev–Trinajstić information content (AvgIpc) is 3.56. The number of fused-ring (bicyclic) bond motifs is 1. The van der Waals surface area contributed by atoms with Crippen LogP contribution in [0.3, 0.4) is 0 Å². The Bertz CT molecular complexity index is 1870. The zero-order valence-corrected chi connectivity index (χ0v) is 27.8. The van der Waals surface area contributed by atoms with Crippen LogP contribution in [-0.4, -0.2) is 49.9 Å². The van der Waals surface area contributed by atoms with Crippen LogP contribution < -0.4 is 27.8 Å². The van der Waals surface area contributed by atoms with Crippen molar-refractivity contribution in [1.82, 2.24) is 24.2 Å². The van der Waals surface area contributed by atoms with Crippen LogP contribution in [-0.2, 0) is 25.9 Å². The number of nitrogens with two attached hydrogens (primary N) is 3. The van der Waals surface area contributed by atoms with Gasteiger partial charge in [-0.15, -0.1) is 0 Å². The Morgan fingerprint density at radius 1 is 0.979 bits per heavy atom. The molecule has 8 N–H and O–H groups in total. The number of nitrogens with one attached hydrogen (secondary N) is 2. The highest BCUT2D eigenvalue weighted by molar-refractivity contribution is 5.87. The largest absolute Gasteiger partial charge is 0.399 e. The molecule has 246 valence electrons. The molecule has 0 bridgehead atoms. The van der Waals surface area contributed by atoms with E-state index in [4.69, 9.17) is 22.2 Å². The summed E-state index contributed by atoms with van der Waals surface area (Å²) in [6, 6.07) is 10.8. The van der Waals surface area contributed by atoms with Crippen LogP contribution in [0.5, 0.6) is 0 Å². The predicted octanol–water partition coefficient (Wildman–Crippen LogP) is 5.71. The minimum atomic E-state index is 0.414. The Kier molecular flexibility index (Phi) is 9.13. The van der Waals surface area contributed by atoms with Gasteiger partial charge in [0, 0.05) is 37.1 Å². The van der Waals surface area contributed by atoms with Crippen molar-refractivity contribution in [3.05, 3.63) is 95.9 Å². The van der Waals surface area contributed by atoms with Gasteiger partial charge in [0.2, 0.25) is 5.95 Å². The Hall–Kier alpha value is -4.96. The third kappa shape index (κ3) is 6.64. The molecule has 2 aliphatic rings. The SMILES string of the molecule is C=C(N)c1cc(N)c2c(c1)CCC(N1CCC1)CCc1cc(C(=C)N)cc3nc(NC(=C)c4cc(C)nn4CC)n(c13)C/C=C/CN2. The molecule has 0 radical (unpaired) electrons. The minimum absolute atomic E-state index is 0.414. The van der Waals surface area contributed by atoms with E-state index in [1.165, 1.54) is 17.5 Å².